The van der Waals surface area contributed by atoms with E-state index in [9.17, 15) is 4.79 Å². The first-order valence-corrected chi connectivity index (χ1v) is 5.81. The van der Waals surface area contributed by atoms with E-state index in [1.165, 1.54) is 7.11 Å². The molecule has 19 heavy (non-hydrogen) atoms. The average molecular weight is 260 g/mol. The lowest BCUT2D eigenvalue weighted by molar-refractivity contribution is -0.116. The summed E-state index contributed by atoms with van der Waals surface area (Å²) in [5, 5.41) is 6.82. The highest BCUT2D eigenvalue weighted by Crippen LogP contribution is 2.26. The van der Waals surface area contributed by atoms with Gasteiger partial charge < -0.3 is 15.8 Å². The van der Waals surface area contributed by atoms with Crippen LogP contribution >= 0.6 is 0 Å². The van der Waals surface area contributed by atoms with Gasteiger partial charge in [-0.3, -0.25) is 9.48 Å². The van der Waals surface area contributed by atoms with Crippen molar-refractivity contribution < 1.29 is 9.53 Å². The third kappa shape index (κ3) is 3.25. The zero-order valence-electron chi connectivity index (χ0n) is 10.9. The second-order valence-corrected chi connectivity index (χ2v) is 4.22. The fourth-order valence-electron chi connectivity index (χ4n) is 1.70. The summed E-state index contributed by atoms with van der Waals surface area (Å²) < 4.78 is 6.74. The van der Waals surface area contributed by atoms with E-state index >= 15 is 0 Å². The van der Waals surface area contributed by atoms with Gasteiger partial charge in [-0.15, -0.1) is 0 Å². The van der Waals surface area contributed by atoms with E-state index in [0.717, 1.165) is 5.56 Å². The molecule has 0 spiro atoms. The Hall–Kier alpha value is -2.50. The number of amides is 1. The van der Waals surface area contributed by atoms with E-state index in [1.54, 1.807) is 35.3 Å². The van der Waals surface area contributed by atoms with Crippen LogP contribution in [0.1, 0.15) is 5.56 Å². The summed E-state index contributed by atoms with van der Waals surface area (Å²) in [5.41, 5.74) is 7.83. The maximum absolute atomic E-state index is 11.9. The van der Waals surface area contributed by atoms with Crippen LogP contribution < -0.4 is 15.8 Å². The van der Waals surface area contributed by atoms with Crippen LogP contribution in [0.5, 0.6) is 5.75 Å². The monoisotopic (exact) mass is 260 g/mol. The van der Waals surface area contributed by atoms with Crippen molar-refractivity contribution in [3.63, 3.8) is 0 Å². The van der Waals surface area contributed by atoms with Gasteiger partial charge in [-0.05, 0) is 24.6 Å². The van der Waals surface area contributed by atoms with Gasteiger partial charge in [0.2, 0.25) is 5.91 Å². The smallest absolute Gasteiger partial charge is 0.246 e. The van der Waals surface area contributed by atoms with E-state index in [1.807, 2.05) is 6.92 Å². The Bertz CT molecular complexity index is 592. The van der Waals surface area contributed by atoms with E-state index in [4.69, 9.17) is 10.5 Å². The third-order valence-electron chi connectivity index (χ3n) is 2.57. The fraction of sp³-hybridized carbons (Fsp3) is 0.231. The Kier molecular flexibility index (Phi) is 3.70. The van der Waals surface area contributed by atoms with Crippen molar-refractivity contribution in [3.8, 4) is 5.75 Å². The van der Waals surface area contributed by atoms with E-state index in [0.29, 0.717) is 17.1 Å². The SMILES string of the molecule is COc1cc(N)ccc1NC(=O)Cn1cc(C)cn1. The molecular formula is C13H16N4O2. The molecule has 6 nitrogen and oxygen atoms in total. The molecule has 0 unspecified atom stereocenters. The molecule has 3 N–H and O–H groups in total. The van der Waals surface area contributed by atoms with Gasteiger partial charge in [-0.25, -0.2) is 0 Å². The molecule has 1 aromatic heterocycles. The number of nitrogens with one attached hydrogen (secondary N) is 1. The minimum Gasteiger partial charge on any atom is -0.494 e. The van der Waals surface area contributed by atoms with Gasteiger partial charge in [-0.1, -0.05) is 0 Å². The summed E-state index contributed by atoms with van der Waals surface area (Å²) >= 11 is 0. The molecule has 2 rings (SSSR count). The summed E-state index contributed by atoms with van der Waals surface area (Å²) in [7, 11) is 1.53. The van der Waals surface area contributed by atoms with Crippen LogP contribution in [-0.2, 0) is 11.3 Å². The standard InChI is InChI=1S/C13H16N4O2/c1-9-6-15-17(7-9)8-13(18)16-11-4-3-10(14)5-12(11)19-2/h3-7H,8,14H2,1-2H3,(H,16,18). The summed E-state index contributed by atoms with van der Waals surface area (Å²) in [6.07, 6.45) is 3.51. The summed E-state index contributed by atoms with van der Waals surface area (Å²) in [6.45, 7) is 2.08. The Balaban J connectivity index is 2.06. The minimum absolute atomic E-state index is 0.154. The second-order valence-electron chi connectivity index (χ2n) is 4.22. The molecule has 0 aliphatic heterocycles. The number of methoxy groups -OCH3 is 1. The molecule has 0 aliphatic carbocycles. The van der Waals surface area contributed by atoms with Crippen LogP contribution in [-0.4, -0.2) is 22.8 Å². The number of benzene rings is 1. The molecule has 6 heteroatoms. The topological polar surface area (TPSA) is 82.2 Å². The lowest BCUT2D eigenvalue weighted by Gasteiger charge is -2.10. The highest BCUT2D eigenvalue weighted by atomic mass is 16.5. The Labute approximate surface area is 111 Å². The van der Waals surface area contributed by atoms with Gasteiger partial charge in [0, 0.05) is 18.0 Å². The van der Waals surface area contributed by atoms with Gasteiger partial charge in [0.1, 0.15) is 12.3 Å². The predicted molar refractivity (Wildman–Crippen MR) is 73.0 cm³/mol. The quantitative estimate of drug-likeness (QED) is 0.814. The Morgan fingerprint density at radius 2 is 2.32 bits per heavy atom. The lowest BCUT2D eigenvalue weighted by atomic mass is 10.2. The number of nitrogens with two attached hydrogens (primary N) is 1. The van der Waals surface area contributed by atoms with E-state index in [2.05, 4.69) is 10.4 Å². The number of hydrogen-bond donors (Lipinski definition) is 2. The normalized spacial score (nSPS) is 10.2. The van der Waals surface area contributed by atoms with Crippen molar-refractivity contribution in [1.82, 2.24) is 9.78 Å². The van der Waals surface area contributed by atoms with Crippen molar-refractivity contribution in [2.75, 3.05) is 18.2 Å². The molecule has 100 valence electrons. The molecular weight excluding hydrogens is 244 g/mol. The molecule has 0 radical (unpaired) electrons. The minimum atomic E-state index is -0.175. The van der Waals surface area contributed by atoms with Crippen molar-refractivity contribution in [3.05, 3.63) is 36.2 Å². The predicted octanol–water partition coefficient (Wildman–Crippen LogP) is 1.42. The summed E-state index contributed by atoms with van der Waals surface area (Å²) in [6, 6.07) is 5.07. The highest BCUT2D eigenvalue weighted by Gasteiger charge is 2.09. The zero-order chi connectivity index (χ0) is 13.8. The van der Waals surface area contributed by atoms with Crippen LogP contribution in [0, 0.1) is 6.92 Å². The molecule has 2 aromatic rings. The average Bonchev–Trinajstić information content (AvgIpc) is 2.76. The number of aromatic nitrogens is 2. The summed E-state index contributed by atoms with van der Waals surface area (Å²) in [4.78, 5) is 11.9. The van der Waals surface area contributed by atoms with Gasteiger partial charge in [0.15, 0.2) is 0 Å². The number of carbonyl (C=O) groups excluding carboxylic acids is 1. The lowest BCUT2D eigenvalue weighted by Crippen LogP contribution is -2.19. The Morgan fingerprint density at radius 1 is 1.53 bits per heavy atom. The number of rotatable bonds is 4. The van der Waals surface area contributed by atoms with Crippen molar-refractivity contribution in [2.24, 2.45) is 0 Å². The van der Waals surface area contributed by atoms with E-state index < -0.39 is 0 Å². The first-order chi connectivity index (χ1) is 9.08. The molecule has 0 fully saturated rings. The fourth-order valence-corrected chi connectivity index (χ4v) is 1.70. The van der Waals surface area contributed by atoms with Crippen LogP contribution in [0.4, 0.5) is 11.4 Å². The van der Waals surface area contributed by atoms with Crippen LogP contribution in [0.15, 0.2) is 30.6 Å². The molecule has 0 aliphatic rings. The maximum Gasteiger partial charge on any atom is 0.246 e. The molecule has 0 bridgehead atoms. The van der Waals surface area contributed by atoms with Crippen molar-refractivity contribution >= 4 is 17.3 Å². The first-order valence-electron chi connectivity index (χ1n) is 5.81. The number of nitrogen functional groups attached to an aromatic ring is 1. The first kappa shape index (κ1) is 12.9. The van der Waals surface area contributed by atoms with E-state index in [-0.39, 0.29) is 12.5 Å². The van der Waals surface area contributed by atoms with Gasteiger partial charge in [0.25, 0.3) is 0 Å². The highest BCUT2D eigenvalue weighted by molar-refractivity contribution is 5.92. The number of hydrogen-bond acceptors (Lipinski definition) is 4. The largest absolute Gasteiger partial charge is 0.494 e. The molecule has 1 amide bonds. The maximum atomic E-state index is 11.9. The number of nitrogens with zero attached hydrogens (tertiary/aromatic N) is 2. The van der Waals surface area contributed by atoms with Gasteiger partial charge in [0.05, 0.1) is 19.0 Å². The number of ether oxygens (including phenoxy) is 1. The third-order valence-corrected chi connectivity index (χ3v) is 2.57. The van der Waals surface area contributed by atoms with Crippen molar-refractivity contribution in [1.29, 1.82) is 0 Å². The summed E-state index contributed by atoms with van der Waals surface area (Å²) in [5.74, 6) is 0.358. The molecule has 1 aromatic carbocycles. The molecule has 0 atom stereocenters. The van der Waals surface area contributed by atoms with Crippen LogP contribution in [0.2, 0.25) is 0 Å². The molecule has 1 heterocycles. The number of anilines is 2. The van der Waals surface area contributed by atoms with Crippen LogP contribution in [0.25, 0.3) is 0 Å². The molecule has 0 saturated heterocycles. The zero-order valence-corrected chi connectivity index (χ0v) is 10.9. The number of carbonyl (C=O) groups is 1. The second kappa shape index (κ2) is 5.43. The van der Waals surface area contributed by atoms with Gasteiger partial charge >= 0.3 is 0 Å². The van der Waals surface area contributed by atoms with Crippen molar-refractivity contribution in [2.45, 2.75) is 13.5 Å². The molecule has 0 saturated carbocycles. The Morgan fingerprint density at radius 3 is 2.95 bits per heavy atom. The van der Waals surface area contributed by atoms with Crippen LogP contribution in [0.3, 0.4) is 0 Å². The number of aryl methyl sites for hydroxylation is 1. The van der Waals surface area contributed by atoms with Gasteiger partial charge in [-0.2, -0.15) is 5.10 Å².